The minimum atomic E-state index is -1.12. The Hall–Kier alpha value is -4.25. The fourth-order valence-electron chi connectivity index (χ4n) is 5.53. The number of aromatic hydroxyl groups is 2. The summed E-state index contributed by atoms with van der Waals surface area (Å²) in [5, 5.41) is 24.1. The predicted octanol–water partition coefficient (Wildman–Crippen LogP) is 6.22. The van der Waals surface area contributed by atoms with E-state index in [-0.39, 0.29) is 17.4 Å². The van der Waals surface area contributed by atoms with E-state index in [0.717, 1.165) is 45.7 Å². The highest BCUT2D eigenvalue weighted by molar-refractivity contribution is 6.11. The first-order valence-electron chi connectivity index (χ1n) is 12.3. The molecule has 4 aromatic rings. The maximum Gasteiger partial charge on any atom is 0.244 e. The lowest BCUT2D eigenvalue weighted by molar-refractivity contribution is -0.118. The summed E-state index contributed by atoms with van der Waals surface area (Å²) in [7, 11) is 1.65. The van der Waals surface area contributed by atoms with Crippen LogP contribution in [0, 0.1) is 27.7 Å². The number of carbonyl (C=O) groups excluding carboxylic acids is 1. The third kappa shape index (κ3) is 3.91. The molecule has 5 rings (SSSR count). The van der Waals surface area contributed by atoms with E-state index in [9.17, 15) is 15.0 Å². The molecule has 1 aliphatic rings. The van der Waals surface area contributed by atoms with Gasteiger partial charge in [0.05, 0.1) is 7.11 Å². The van der Waals surface area contributed by atoms with Crippen LogP contribution in [0.1, 0.15) is 50.1 Å². The summed E-state index contributed by atoms with van der Waals surface area (Å²) in [6, 6.07) is 21.7. The first kappa shape index (κ1) is 24.4. The Morgan fingerprint density at radius 3 is 1.70 bits per heavy atom. The molecule has 0 unspecified atom stereocenters. The van der Waals surface area contributed by atoms with E-state index in [1.165, 1.54) is 0 Å². The van der Waals surface area contributed by atoms with Gasteiger partial charge in [0, 0.05) is 11.3 Å². The van der Waals surface area contributed by atoms with Crippen molar-refractivity contribution in [3.8, 4) is 17.2 Å². The van der Waals surface area contributed by atoms with E-state index in [2.05, 4.69) is 11.4 Å². The van der Waals surface area contributed by atoms with E-state index in [1.54, 1.807) is 7.11 Å². The van der Waals surface area contributed by atoms with Crippen LogP contribution in [0.2, 0.25) is 0 Å². The van der Waals surface area contributed by atoms with Crippen molar-refractivity contribution in [3.63, 3.8) is 0 Å². The molecule has 0 aliphatic carbocycles. The Morgan fingerprint density at radius 1 is 0.730 bits per heavy atom. The number of anilines is 1. The molecule has 1 amide bonds. The Labute approximate surface area is 217 Å². The molecule has 0 radical (unpaired) electrons. The van der Waals surface area contributed by atoms with Crippen molar-refractivity contribution in [1.82, 2.24) is 0 Å². The number of benzene rings is 4. The van der Waals surface area contributed by atoms with E-state index < -0.39 is 5.41 Å². The van der Waals surface area contributed by atoms with Gasteiger partial charge in [0.2, 0.25) is 5.91 Å². The van der Waals surface area contributed by atoms with Gasteiger partial charge in [-0.1, -0.05) is 48.5 Å². The number of fused-ring (bicyclic) bond motifs is 1. The van der Waals surface area contributed by atoms with Crippen LogP contribution in [0.25, 0.3) is 0 Å². The fraction of sp³-hybridized carbons (Fsp3) is 0.219. The van der Waals surface area contributed by atoms with Gasteiger partial charge in [-0.05, 0) is 96.8 Å². The molecule has 1 heterocycles. The number of carbonyl (C=O) groups is 1. The van der Waals surface area contributed by atoms with Crippen LogP contribution in [0.5, 0.6) is 17.2 Å². The lowest BCUT2D eigenvalue weighted by atomic mass is 9.68. The van der Waals surface area contributed by atoms with E-state index in [1.807, 2.05) is 88.4 Å². The first-order valence-corrected chi connectivity index (χ1v) is 12.3. The van der Waals surface area contributed by atoms with Crippen LogP contribution in [-0.4, -0.2) is 23.2 Å². The van der Waals surface area contributed by atoms with Crippen LogP contribution in [0.4, 0.5) is 5.69 Å². The molecule has 5 heteroatoms. The SMILES string of the molecule is COc1ccc(Cc2ccc3c(c2)NC(=O)C3(c2cc(C)c(O)c(C)c2)c2cc(C)c(O)c(C)c2)cc1. The zero-order valence-electron chi connectivity index (χ0n) is 21.8. The Morgan fingerprint density at radius 2 is 1.22 bits per heavy atom. The average Bonchev–Trinajstić information content (AvgIpc) is 3.17. The minimum absolute atomic E-state index is 0.155. The monoisotopic (exact) mass is 493 g/mol. The number of rotatable bonds is 5. The third-order valence-electron chi connectivity index (χ3n) is 7.49. The Kier molecular flexibility index (Phi) is 5.95. The lowest BCUT2D eigenvalue weighted by Gasteiger charge is -2.31. The maximum absolute atomic E-state index is 14.1. The molecule has 188 valence electrons. The molecular weight excluding hydrogens is 462 g/mol. The summed E-state index contributed by atoms with van der Waals surface area (Å²) in [6.45, 7) is 7.38. The summed E-state index contributed by atoms with van der Waals surface area (Å²) >= 11 is 0. The van der Waals surface area contributed by atoms with E-state index >= 15 is 0 Å². The van der Waals surface area contributed by atoms with Crippen molar-refractivity contribution in [3.05, 3.63) is 117 Å². The Balaban J connectivity index is 1.70. The van der Waals surface area contributed by atoms with Gasteiger partial charge in [0.15, 0.2) is 0 Å². The van der Waals surface area contributed by atoms with Crippen LogP contribution in [-0.2, 0) is 16.6 Å². The van der Waals surface area contributed by atoms with Gasteiger partial charge in [-0.3, -0.25) is 4.79 Å². The van der Waals surface area contributed by atoms with E-state index in [4.69, 9.17) is 4.74 Å². The molecule has 4 aromatic carbocycles. The number of hydrogen-bond acceptors (Lipinski definition) is 4. The molecule has 0 atom stereocenters. The summed E-state index contributed by atoms with van der Waals surface area (Å²) in [4.78, 5) is 14.1. The summed E-state index contributed by atoms with van der Waals surface area (Å²) in [5.74, 6) is 1.11. The quantitative estimate of drug-likeness (QED) is 0.309. The number of phenols is 2. The highest BCUT2D eigenvalue weighted by Crippen LogP contribution is 2.50. The van der Waals surface area contributed by atoms with Crippen LogP contribution in [0.3, 0.4) is 0 Å². The molecule has 0 bridgehead atoms. The average molecular weight is 494 g/mol. The Bertz CT molecular complexity index is 1430. The number of ether oxygens (including phenoxy) is 1. The molecule has 0 saturated carbocycles. The van der Waals surface area contributed by atoms with Crippen molar-refractivity contribution >= 4 is 11.6 Å². The molecule has 0 aromatic heterocycles. The molecular formula is C32H31NO4. The third-order valence-corrected chi connectivity index (χ3v) is 7.49. The summed E-state index contributed by atoms with van der Waals surface area (Å²) < 4.78 is 5.27. The largest absolute Gasteiger partial charge is 0.507 e. The second-order valence-corrected chi connectivity index (χ2v) is 10.0. The smallest absolute Gasteiger partial charge is 0.244 e. The van der Waals surface area contributed by atoms with Gasteiger partial charge in [0.1, 0.15) is 22.7 Å². The fourth-order valence-corrected chi connectivity index (χ4v) is 5.53. The molecule has 0 saturated heterocycles. The zero-order valence-corrected chi connectivity index (χ0v) is 21.8. The number of nitrogens with one attached hydrogen (secondary N) is 1. The van der Waals surface area contributed by atoms with Crippen molar-refractivity contribution < 1.29 is 19.7 Å². The minimum Gasteiger partial charge on any atom is -0.507 e. The standard InChI is InChI=1S/C32H31NO4/c1-18-12-24(13-19(2)29(18)34)32(25-14-20(3)30(35)21(4)15-25)27-11-8-23(17-28(27)33-31(32)36)16-22-6-9-26(37-5)10-7-22/h6-15,17,34-35H,16H2,1-5H3,(H,33,36). The highest BCUT2D eigenvalue weighted by Gasteiger charge is 2.50. The van der Waals surface area contributed by atoms with Gasteiger partial charge in [0.25, 0.3) is 0 Å². The van der Waals surface area contributed by atoms with Gasteiger partial charge < -0.3 is 20.3 Å². The van der Waals surface area contributed by atoms with Crippen molar-refractivity contribution in [2.24, 2.45) is 0 Å². The number of amides is 1. The number of phenolic OH excluding ortho intramolecular Hbond substituents is 2. The molecule has 0 fully saturated rings. The number of methoxy groups -OCH3 is 1. The number of hydrogen-bond donors (Lipinski definition) is 3. The van der Waals surface area contributed by atoms with Crippen LogP contribution < -0.4 is 10.1 Å². The first-order chi connectivity index (χ1) is 17.6. The van der Waals surface area contributed by atoms with Gasteiger partial charge >= 0.3 is 0 Å². The molecule has 1 aliphatic heterocycles. The molecule has 37 heavy (non-hydrogen) atoms. The number of aryl methyl sites for hydroxylation is 4. The van der Waals surface area contributed by atoms with Crippen molar-refractivity contribution in [2.75, 3.05) is 12.4 Å². The lowest BCUT2D eigenvalue weighted by Crippen LogP contribution is -2.37. The van der Waals surface area contributed by atoms with E-state index in [0.29, 0.717) is 22.3 Å². The zero-order chi connectivity index (χ0) is 26.5. The second kappa shape index (κ2) is 9.00. The summed E-state index contributed by atoms with van der Waals surface area (Å²) in [5.41, 5.74) is 7.11. The molecule has 5 nitrogen and oxygen atoms in total. The highest BCUT2D eigenvalue weighted by atomic mass is 16.5. The van der Waals surface area contributed by atoms with Gasteiger partial charge in [-0.25, -0.2) is 0 Å². The molecule has 0 spiro atoms. The van der Waals surface area contributed by atoms with Gasteiger partial charge in [-0.2, -0.15) is 0 Å². The summed E-state index contributed by atoms with van der Waals surface area (Å²) in [6.07, 6.45) is 0.717. The second-order valence-electron chi connectivity index (χ2n) is 10.0. The van der Waals surface area contributed by atoms with Crippen molar-refractivity contribution in [1.29, 1.82) is 0 Å². The maximum atomic E-state index is 14.1. The normalized spacial score (nSPS) is 13.8. The van der Waals surface area contributed by atoms with Crippen LogP contribution in [0.15, 0.2) is 66.7 Å². The van der Waals surface area contributed by atoms with Crippen molar-refractivity contribution in [2.45, 2.75) is 39.5 Å². The van der Waals surface area contributed by atoms with Gasteiger partial charge in [-0.15, -0.1) is 0 Å². The predicted molar refractivity (Wildman–Crippen MR) is 146 cm³/mol. The van der Waals surface area contributed by atoms with Crippen LogP contribution >= 0.6 is 0 Å². The topological polar surface area (TPSA) is 78.8 Å². The molecule has 3 N–H and O–H groups in total.